The van der Waals surface area contributed by atoms with Crippen LogP contribution in [0.2, 0.25) is 0 Å². The van der Waals surface area contributed by atoms with E-state index in [1.54, 1.807) is 6.08 Å². The van der Waals surface area contributed by atoms with Gasteiger partial charge in [-0.15, -0.1) is 6.58 Å². The van der Waals surface area contributed by atoms with Crippen LogP contribution in [0, 0.1) is 0 Å². The van der Waals surface area contributed by atoms with Gasteiger partial charge in [0.2, 0.25) is 0 Å². The van der Waals surface area contributed by atoms with Crippen LogP contribution in [0.1, 0.15) is 31.9 Å². The quantitative estimate of drug-likeness (QED) is 0.565. The van der Waals surface area contributed by atoms with Gasteiger partial charge in [-0.2, -0.15) is 0 Å². The SMILES string of the molecule is C=CCNc1c(O)cc(CCCCC)oc1=O. The van der Waals surface area contributed by atoms with Crippen molar-refractivity contribution in [3.05, 3.63) is 34.9 Å². The topological polar surface area (TPSA) is 62.5 Å². The van der Waals surface area contributed by atoms with E-state index in [0.717, 1.165) is 19.3 Å². The Morgan fingerprint density at radius 1 is 1.53 bits per heavy atom. The summed E-state index contributed by atoms with van der Waals surface area (Å²) in [4.78, 5) is 11.6. The molecule has 4 nitrogen and oxygen atoms in total. The van der Waals surface area contributed by atoms with Crippen molar-refractivity contribution in [3.8, 4) is 5.75 Å². The monoisotopic (exact) mass is 237 g/mol. The Hall–Kier alpha value is -1.71. The molecule has 0 aromatic carbocycles. The van der Waals surface area contributed by atoms with E-state index >= 15 is 0 Å². The molecule has 0 bridgehead atoms. The predicted molar refractivity (Wildman–Crippen MR) is 68.6 cm³/mol. The summed E-state index contributed by atoms with van der Waals surface area (Å²) >= 11 is 0. The fourth-order valence-corrected chi connectivity index (χ4v) is 1.54. The average molecular weight is 237 g/mol. The van der Waals surface area contributed by atoms with Gasteiger partial charge in [-0.05, 0) is 6.42 Å². The van der Waals surface area contributed by atoms with E-state index in [1.165, 1.54) is 6.07 Å². The zero-order valence-corrected chi connectivity index (χ0v) is 10.2. The van der Waals surface area contributed by atoms with Crippen molar-refractivity contribution in [2.45, 2.75) is 32.6 Å². The molecule has 4 heteroatoms. The third-order valence-corrected chi connectivity index (χ3v) is 2.43. The summed E-state index contributed by atoms with van der Waals surface area (Å²) in [5.41, 5.74) is -0.428. The lowest BCUT2D eigenvalue weighted by molar-refractivity contribution is 0.423. The number of aryl methyl sites for hydroxylation is 1. The maximum atomic E-state index is 11.6. The molecule has 94 valence electrons. The molecule has 0 fully saturated rings. The van der Waals surface area contributed by atoms with Gasteiger partial charge in [-0.3, -0.25) is 0 Å². The molecule has 2 N–H and O–H groups in total. The highest BCUT2D eigenvalue weighted by Crippen LogP contribution is 2.20. The third-order valence-electron chi connectivity index (χ3n) is 2.43. The molecule has 0 saturated carbocycles. The Kier molecular flexibility index (Phi) is 5.33. The standard InChI is InChI=1S/C13H19NO3/c1-3-5-6-7-10-9-11(15)12(13(16)17-10)14-8-4-2/h4,9,14-15H,2-3,5-8H2,1H3. The van der Waals surface area contributed by atoms with E-state index in [1.807, 2.05) is 0 Å². The smallest absolute Gasteiger partial charge is 0.363 e. The van der Waals surface area contributed by atoms with E-state index in [0.29, 0.717) is 18.7 Å². The summed E-state index contributed by atoms with van der Waals surface area (Å²) in [5.74, 6) is 0.472. The Labute approximate surface area is 101 Å². The van der Waals surface area contributed by atoms with Crippen LogP contribution in [0.3, 0.4) is 0 Å². The second kappa shape index (κ2) is 6.78. The van der Waals surface area contributed by atoms with E-state index in [9.17, 15) is 9.90 Å². The molecule has 0 spiro atoms. The minimum absolute atomic E-state index is 0.0606. The second-order valence-electron chi connectivity index (χ2n) is 3.89. The first-order chi connectivity index (χ1) is 8.19. The molecule has 0 amide bonds. The van der Waals surface area contributed by atoms with Crippen molar-refractivity contribution >= 4 is 5.69 Å². The van der Waals surface area contributed by atoms with E-state index in [2.05, 4.69) is 18.8 Å². The first-order valence-electron chi connectivity index (χ1n) is 5.89. The summed E-state index contributed by atoms with van der Waals surface area (Å²) in [6, 6.07) is 1.50. The van der Waals surface area contributed by atoms with Gasteiger partial charge < -0.3 is 14.8 Å². The number of rotatable bonds is 7. The summed E-state index contributed by atoms with van der Waals surface area (Å²) in [7, 11) is 0. The van der Waals surface area contributed by atoms with Crippen molar-refractivity contribution in [3.63, 3.8) is 0 Å². The highest BCUT2D eigenvalue weighted by atomic mass is 16.4. The van der Waals surface area contributed by atoms with Crippen molar-refractivity contribution in [2.75, 3.05) is 11.9 Å². The second-order valence-corrected chi connectivity index (χ2v) is 3.89. The first kappa shape index (κ1) is 13.4. The third kappa shape index (κ3) is 3.98. The summed E-state index contributed by atoms with van der Waals surface area (Å²) in [5, 5.41) is 12.4. The van der Waals surface area contributed by atoms with Crippen molar-refractivity contribution in [1.29, 1.82) is 0 Å². The number of anilines is 1. The minimum Gasteiger partial charge on any atom is -0.505 e. The normalized spacial score (nSPS) is 10.2. The molecule has 0 aliphatic rings. The first-order valence-corrected chi connectivity index (χ1v) is 5.89. The van der Waals surface area contributed by atoms with Gasteiger partial charge in [0, 0.05) is 19.0 Å². The fourth-order valence-electron chi connectivity index (χ4n) is 1.54. The zero-order valence-electron chi connectivity index (χ0n) is 10.2. The van der Waals surface area contributed by atoms with E-state index in [-0.39, 0.29) is 11.4 Å². The Morgan fingerprint density at radius 3 is 2.88 bits per heavy atom. The van der Waals surface area contributed by atoms with Crippen molar-refractivity contribution in [2.24, 2.45) is 0 Å². The van der Waals surface area contributed by atoms with Crippen LogP contribution < -0.4 is 10.9 Å². The molecular weight excluding hydrogens is 218 g/mol. The van der Waals surface area contributed by atoms with Gasteiger partial charge in [0.15, 0.2) is 5.69 Å². The highest BCUT2D eigenvalue weighted by molar-refractivity contribution is 5.53. The number of aromatic hydroxyl groups is 1. The summed E-state index contributed by atoms with van der Waals surface area (Å²) < 4.78 is 5.12. The minimum atomic E-state index is -0.529. The molecule has 0 aliphatic heterocycles. The molecule has 0 atom stereocenters. The van der Waals surface area contributed by atoms with E-state index < -0.39 is 5.63 Å². The van der Waals surface area contributed by atoms with Gasteiger partial charge in [0.05, 0.1) is 0 Å². The highest BCUT2D eigenvalue weighted by Gasteiger charge is 2.09. The number of hydrogen-bond donors (Lipinski definition) is 2. The summed E-state index contributed by atoms with van der Waals surface area (Å²) in [6.45, 7) is 6.04. The molecule has 17 heavy (non-hydrogen) atoms. The van der Waals surface area contributed by atoms with Crippen LogP contribution in [0.15, 0.2) is 27.9 Å². The van der Waals surface area contributed by atoms with Crippen LogP contribution in [-0.2, 0) is 6.42 Å². The molecule has 0 saturated heterocycles. The maximum absolute atomic E-state index is 11.6. The van der Waals surface area contributed by atoms with Crippen molar-refractivity contribution < 1.29 is 9.52 Å². The molecule has 1 aromatic heterocycles. The van der Waals surface area contributed by atoms with E-state index in [4.69, 9.17) is 4.42 Å². The van der Waals surface area contributed by atoms with Gasteiger partial charge in [-0.25, -0.2) is 4.79 Å². The number of nitrogens with one attached hydrogen (secondary N) is 1. The van der Waals surface area contributed by atoms with Crippen LogP contribution in [-0.4, -0.2) is 11.7 Å². The maximum Gasteiger partial charge on any atom is 0.363 e. The van der Waals surface area contributed by atoms with Gasteiger partial charge in [0.25, 0.3) is 0 Å². The fraction of sp³-hybridized carbons (Fsp3) is 0.462. The molecule has 0 aliphatic carbocycles. The molecular formula is C13H19NO3. The average Bonchev–Trinajstić information content (AvgIpc) is 2.28. The van der Waals surface area contributed by atoms with Crippen LogP contribution in [0.5, 0.6) is 5.75 Å². The number of unbranched alkanes of at least 4 members (excludes halogenated alkanes) is 2. The van der Waals surface area contributed by atoms with Gasteiger partial charge >= 0.3 is 5.63 Å². The molecule has 1 heterocycles. The van der Waals surface area contributed by atoms with Gasteiger partial charge in [-0.1, -0.05) is 25.8 Å². The summed E-state index contributed by atoms with van der Waals surface area (Å²) in [6.07, 6.45) is 5.43. The van der Waals surface area contributed by atoms with Crippen LogP contribution in [0.25, 0.3) is 0 Å². The lowest BCUT2D eigenvalue weighted by Crippen LogP contribution is -2.11. The number of hydrogen-bond acceptors (Lipinski definition) is 4. The van der Waals surface area contributed by atoms with Gasteiger partial charge in [0.1, 0.15) is 11.5 Å². The molecule has 1 aromatic rings. The van der Waals surface area contributed by atoms with Crippen LogP contribution >= 0.6 is 0 Å². The zero-order chi connectivity index (χ0) is 12.7. The largest absolute Gasteiger partial charge is 0.505 e. The molecule has 1 rings (SSSR count). The lowest BCUT2D eigenvalue weighted by atomic mass is 10.1. The Bertz CT molecular complexity index is 423. The van der Waals surface area contributed by atoms with Crippen LogP contribution in [0.4, 0.5) is 5.69 Å². The Balaban J connectivity index is 2.78. The predicted octanol–water partition coefficient (Wildman–Crippen LogP) is 2.68. The lowest BCUT2D eigenvalue weighted by Gasteiger charge is -2.06. The van der Waals surface area contributed by atoms with Crippen molar-refractivity contribution in [1.82, 2.24) is 0 Å². The molecule has 0 unspecified atom stereocenters. The molecule has 0 radical (unpaired) electrons. The Morgan fingerprint density at radius 2 is 2.29 bits per heavy atom.